The Morgan fingerprint density at radius 1 is 1.48 bits per heavy atom. The lowest BCUT2D eigenvalue weighted by Gasteiger charge is -2.25. The molecular weight excluding hydrogens is 294 g/mol. The average molecular weight is 319 g/mol. The van der Waals surface area contributed by atoms with Gasteiger partial charge in [0.25, 0.3) is 0 Å². The molecule has 3 rings (SSSR count). The van der Waals surface area contributed by atoms with E-state index in [9.17, 15) is 4.79 Å². The van der Waals surface area contributed by atoms with Crippen molar-refractivity contribution in [1.29, 1.82) is 0 Å². The number of pyridine rings is 1. The van der Waals surface area contributed by atoms with Crippen LogP contribution in [0.4, 0.5) is 4.79 Å². The molecule has 0 aromatic carbocycles. The van der Waals surface area contributed by atoms with Gasteiger partial charge in [-0.25, -0.2) is 9.78 Å². The molecule has 126 valence electrons. The standard InChI is InChI=1S/C17H25N3O3/c1-2-23-16-14(4-3-8-18-16)10-19-17(21)20(15-5-6-15)11-13-7-9-22-12-13/h3-4,8,13,15H,2,5-7,9-12H2,1H3,(H,19,21). The molecule has 6 nitrogen and oxygen atoms in total. The van der Waals surface area contributed by atoms with Crippen LogP contribution in [-0.2, 0) is 11.3 Å². The predicted octanol–water partition coefficient (Wildman–Crippen LogP) is 2.19. The number of hydrogen-bond acceptors (Lipinski definition) is 4. The van der Waals surface area contributed by atoms with Crippen molar-refractivity contribution in [3.63, 3.8) is 0 Å². The molecule has 23 heavy (non-hydrogen) atoms. The fourth-order valence-electron chi connectivity index (χ4n) is 2.89. The summed E-state index contributed by atoms with van der Waals surface area (Å²) in [4.78, 5) is 18.8. The van der Waals surface area contributed by atoms with Gasteiger partial charge in [0.1, 0.15) is 0 Å². The first kappa shape index (κ1) is 16.1. The highest BCUT2D eigenvalue weighted by molar-refractivity contribution is 5.75. The molecule has 0 bridgehead atoms. The number of nitrogens with one attached hydrogen (secondary N) is 1. The number of amides is 2. The van der Waals surface area contributed by atoms with Gasteiger partial charge in [0.15, 0.2) is 0 Å². The van der Waals surface area contributed by atoms with Gasteiger partial charge < -0.3 is 19.7 Å². The highest BCUT2D eigenvalue weighted by Crippen LogP contribution is 2.29. The molecule has 0 radical (unpaired) electrons. The number of carbonyl (C=O) groups is 1. The minimum Gasteiger partial charge on any atom is -0.478 e. The van der Waals surface area contributed by atoms with Crippen LogP contribution in [0.3, 0.4) is 0 Å². The third-order valence-corrected chi connectivity index (χ3v) is 4.29. The van der Waals surface area contributed by atoms with E-state index >= 15 is 0 Å². The van der Waals surface area contributed by atoms with Crippen LogP contribution in [0.2, 0.25) is 0 Å². The lowest BCUT2D eigenvalue weighted by atomic mass is 10.1. The number of hydrogen-bond donors (Lipinski definition) is 1. The van der Waals surface area contributed by atoms with Gasteiger partial charge in [-0.1, -0.05) is 6.07 Å². The fraction of sp³-hybridized carbons (Fsp3) is 0.647. The van der Waals surface area contributed by atoms with Crippen LogP contribution in [0.15, 0.2) is 18.3 Å². The van der Waals surface area contributed by atoms with E-state index in [0.717, 1.165) is 44.6 Å². The van der Waals surface area contributed by atoms with Crippen molar-refractivity contribution in [2.45, 2.75) is 38.8 Å². The maximum Gasteiger partial charge on any atom is 0.317 e. The summed E-state index contributed by atoms with van der Waals surface area (Å²) in [6.07, 6.45) is 4.97. The van der Waals surface area contributed by atoms with Gasteiger partial charge in [0.05, 0.1) is 13.2 Å². The van der Waals surface area contributed by atoms with E-state index in [1.54, 1.807) is 6.20 Å². The van der Waals surface area contributed by atoms with E-state index in [2.05, 4.69) is 10.3 Å². The number of aromatic nitrogens is 1. The first-order chi connectivity index (χ1) is 11.3. The largest absolute Gasteiger partial charge is 0.478 e. The van der Waals surface area contributed by atoms with Crippen LogP contribution in [0.1, 0.15) is 31.7 Å². The highest BCUT2D eigenvalue weighted by atomic mass is 16.5. The van der Waals surface area contributed by atoms with Gasteiger partial charge in [-0.05, 0) is 32.3 Å². The van der Waals surface area contributed by atoms with Gasteiger partial charge in [0, 0.05) is 43.4 Å². The van der Waals surface area contributed by atoms with E-state index in [1.165, 1.54) is 0 Å². The fourth-order valence-corrected chi connectivity index (χ4v) is 2.89. The van der Waals surface area contributed by atoms with Crippen LogP contribution in [-0.4, -0.2) is 48.3 Å². The van der Waals surface area contributed by atoms with Crippen molar-refractivity contribution >= 4 is 6.03 Å². The summed E-state index contributed by atoms with van der Waals surface area (Å²) in [5.41, 5.74) is 0.905. The van der Waals surface area contributed by atoms with Gasteiger partial charge in [-0.15, -0.1) is 0 Å². The summed E-state index contributed by atoms with van der Waals surface area (Å²) in [7, 11) is 0. The maximum absolute atomic E-state index is 12.6. The first-order valence-corrected chi connectivity index (χ1v) is 8.46. The highest BCUT2D eigenvalue weighted by Gasteiger charge is 2.34. The zero-order valence-corrected chi connectivity index (χ0v) is 13.7. The van der Waals surface area contributed by atoms with Crippen molar-refractivity contribution < 1.29 is 14.3 Å². The molecule has 1 N–H and O–H groups in total. The van der Waals surface area contributed by atoms with E-state index < -0.39 is 0 Å². The maximum atomic E-state index is 12.6. The van der Waals surface area contributed by atoms with Crippen LogP contribution in [0.5, 0.6) is 5.88 Å². The second kappa shape index (κ2) is 7.64. The molecule has 1 unspecified atom stereocenters. The number of ether oxygens (including phenoxy) is 2. The van der Waals surface area contributed by atoms with Gasteiger partial charge in [-0.2, -0.15) is 0 Å². The molecule has 1 aliphatic carbocycles. The molecule has 1 aliphatic heterocycles. The van der Waals surface area contributed by atoms with Crippen molar-refractivity contribution in [1.82, 2.24) is 15.2 Å². The molecule has 1 aromatic heterocycles. The van der Waals surface area contributed by atoms with E-state index in [4.69, 9.17) is 9.47 Å². The normalized spacial score (nSPS) is 20.3. The molecule has 1 saturated heterocycles. The van der Waals surface area contributed by atoms with Crippen LogP contribution < -0.4 is 10.1 Å². The van der Waals surface area contributed by atoms with Crippen LogP contribution in [0, 0.1) is 5.92 Å². The molecule has 1 atom stereocenters. The number of nitrogens with zero attached hydrogens (tertiary/aromatic N) is 2. The Bertz CT molecular complexity index is 528. The zero-order chi connectivity index (χ0) is 16.1. The second-order valence-electron chi connectivity index (χ2n) is 6.17. The Morgan fingerprint density at radius 3 is 3.04 bits per heavy atom. The van der Waals surface area contributed by atoms with E-state index in [-0.39, 0.29) is 6.03 Å². The van der Waals surface area contributed by atoms with Crippen molar-refractivity contribution in [2.75, 3.05) is 26.4 Å². The van der Waals surface area contributed by atoms with Crippen LogP contribution in [0.25, 0.3) is 0 Å². The minimum atomic E-state index is 0.00528. The second-order valence-corrected chi connectivity index (χ2v) is 6.17. The molecule has 2 amide bonds. The van der Waals surface area contributed by atoms with Crippen molar-refractivity contribution in [3.8, 4) is 5.88 Å². The number of urea groups is 1. The summed E-state index contributed by atoms with van der Waals surface area (Å²) in [6, 6.07) is 4.20. The topological polar surface area (TPSA) is 63.7 Å². The number of carbonyl (C=O) groups excluding carboxylic acids is 1. The Balaban J connectivity index is 1.56. The van der Waals surface area contributed by atoms with Gasteiger partial charge in [0.2, 0.25) is 5.88 Å². The molecule has 2 heterocycles. The molecule has 0 spiro atoms. The van der Waals surface area contributed by atoms with E-state index in [0.29, 0.717) is 31.0 Å². The Morgan fingerprint density at radius 2 is 2.35 bits per heavy atom. The SMILES string of the molecule is CCOc1ncccc1CNC(=O)N(CC1CCOC1)C1CC1. The van der Waals surface area contributed by atoms with E-state index in [1.807, 2.05) is 24.0 Å². The summed E-state index contributed by atoms with van der Waals surface area (Å²) in [5, 5.41) is 3.02. The van der Waals surface area contributed by atoms with Crippen molar-refractivity contribution in [3.05, 3.63) is 23.9 Å². The van der Waals surface area contributed by atoms with Gasteiger partial charge in [-0.3, -0.25) is 0 Å². The number of rotatable bonds is 7. The lowest BCUT2D eigenvalue weighted by Crippen LogP contribution is -2.43. The van der Waals surface area contributed by atoms with Gasteiger partial charge >= 0.3 is 6.03 Å². The Kier molecular flexibility index (Phi) is 5.33. The van der Waals surface area contributed by atoms with Crippen LogP contribution >= 0.6 is 0 Å². The summed E-state index contributed by atoms with van der Waals surface area (Å²) >= 11 is 0. The Hall–Kier alpha value is -1.82. The molecule has 2 aliphatic rings. The summed E-state index contributed by atoms with van der Waals surface area (Å²) < 4.78 is 10.9. The third kappa shape index (κ3) is 4.34. The summed E-state index contributed by atoms with van der Waals surface area (Å²) in [5.74, 6) is 1.07. The quantitative estimate of drug-likeness (QED) is 0.837. The smallest absolute Gasteiger partial charge is 0.317 e. The molecule has 6 heteroatoms. The first-order valence-electron chi connectivity index (χ1n) is 8.46. The summed E-state index contributed by atoms with van der Waals surface area (Å²) in [6.45, 7) is 5.31. The molecule has 1 aromatic rings. The predicted molar refractivity (Wildman–Crippen MR) is 86.3 cm³/mol. The zero-order valence-electron chi connectivity index (χ0n) is 13.7. The van der Waals surface area contributed by atoms with Crippen molar-refractivity contribution in [2.24, 2.45) is 5.92 Å². The third-order valence-electron chi connectivity index (χ3n) is 4.29. The monoisotopic (exact) mass is 319 g/mol. The molecular formula is C17H25N3O3. The Labute approximate surface area is 137 Å². The molecule has 2 fully saturated rings. The minimum absolute atomic E-state index is 0.00528. The lowest BCUT2D eigenvalue weighted by molar-refractivity contribution is 0.162. The average Bonchev–Trinajstić information content (AvgIpc) is 3.28. The molecule has 1 saturated carbocycles.